The molecule has 3 aromatic carbocycles. The largest absolute Gasteiger partial charge is 0.433 e. The first-order chi connectivity index (χ1) is 18.7. The van der Waals surface area contributed by atoms with Gasteiger partial charge in [0.25, 0.3) is 5.91 Å². The predicted octanol–water partition coefficient (Wildman–Crippen LogP) is 6.56. The Morgan fingerprint density at radius 2 is 1.72 bits per heavy atom. The molecule has 0 atom stereocenters. The van der Waals surface area contributed by atoms with Crippen LogP contribution in [0.15, 0.2) is 91.3 Å². The Morgan fingerprint density at radius 3 is 2.41 bits per heavy atom. The molecule has 0 spiro atoms. The molecular formula is C30H24F3N5O. The highest BCUT2D eigenvalue weighted by molar-refractivity contribution is 5.97. The molecule has 1 N–H and O–H groups in total. The molecule has 0 aliphatic heterocycles. The molecule has 5 aromatic rings. The van der Waals surface area contributed by atoms with Crippen LogP contribution in [0.1, 0.15) is 32.7 Å². The summed E-state index contributed by atoms with van der Waals surface area (Å²) >= 11 is 0. The van der Waals surface area contributed by atoms with Crippen LogP contribution in [0.25, 0.3) is 28.1 Å². The lowest BCUT2D eigenvalue weighted by Crippen LogP contribution is -2.24. The van der Waals surface area contributed by atoms with Gasteiger partial charge >= 0.3 is 6.18 Å². The van der Waals surface area contributed by atoms with Crippen molar-refractivity contribution in [2.75, 3.05) is 0 Å². The summed E-state index contributed by atoms with van der Waals surface area (Å²) in [5, 5.41) is 11.2. The smallest absolute Gasteiger partial charge is 0.348 e. The fraction of sp³-hybridized carbons (Fsp3) is 0.133. The predicted molar refractivity (Wildman–Crippen MR) is 142 cm³/mol. The molecule has 196 valence electrons. The molecule has 0 unspecified atom stereocenters. The fourth-order valence-electron chi connectivity index (χ4n) is 4.31. The van der Waals surface area contributed by atoms with Gasteiger partial charge in [-0.1, -0.05) is 59.8 Å². The Labute approximate surface area is 223 Å². The van der Waals surface area contributed by atoms with Crippen molar-refractivity contribution >= 4 is 5.91 Å². The first kappa shape index (κ1) is 25.8. The first-order valence-corrected chi connectivity index (χ1v) is 12.2. The molecule has 2 heterocycles. The number of pyridine rings is 1. The number of carbonyl (C=O) groups is 1. The number of nitrogens with one attached hydrogen (secondary N) is 1. The van der Waals surface area contributed by atoms with Crippen LogP contribution in [-0.4, -0.2) is 25.9 Å². The second-order valence-electron chi connectivity index (χ2n) is 9.20. The van der Waals surface area contributed by atoms with Crippen molar-refractivity contribution in [1.82, 2.24) is 25.3 Å². The number of aryl methyl sites for hydroxylation is 2. The number of benzene rings is 3. The van der Waals surface area contributed by atoms with E-state index in [2.05, 4.69) is 44.9 Å². The van der Waals surface area contributed by atoms with Gasteiger partial charge < -0.3 is 5.32 Å². The quantitative estimate of drug-likeness (QED) is 0.271. The third-order valence-electron chi connectivity index (χ3n) is 6.32. The Hall–Kier alpha value is -4.79. The number of carbonyl (C=O) groups excluding carboxylic acids is 1. The summed E-state index contributed by atoms with van der Waals surface area (Å²) in [6.07, 6.45) is -1.86. The molecular weight excluding hydrogens is 503 g/mol. The Balaban J connectivity index is 1.34. The number of hydrogen-bond acceptors (Lipinski definition) is 4. The zero-order valence-corrected chi connectivity index (χ0v) is 21.2. The van der Waals surface area contributed by atoms with Crippen LogP contribution >= 0.6 is 0 Å². The number of rotatable bonds is 6. The highest BCUT2D eigenvalue weighted by Crippen LogP contribution is 2.29. The van der Waals surface area contributed by atoms with Crippen LogP contribution in [0, 0.1) is 13.8 Å². The minimum absolute atomic E-state index is 0.289. The van der Waals surface area contributed by atoms with Gasteiger partial charge in [0.05, 0.1) is 17.4 Å². The van der Waals surface area contributed by atoms with Crippen LogP contribution in [-0.2, 0) is 12.7 Å². The number of halogens is 3. The van der Waals surface area contributed by atoms with E-state index in [9.17, 15) is 18.0 Å². The zero-order chi connectivity index (χ0) is 27.6. The van der Waals surface area contributed by atoms with Crippen LogP contribution in [0.4, 0.5) is 13.2 Å². The van der Waals surface area contributed by atoms with Crippen LogP contribution < -0.4 is 5.32 Å². The molecule has 5 rings (SSSR count). The number of aromatic nitrogens is 4. The van der Waals surface area contributed by atoms with Gasteiger partial charge in [0, 0.05) is 18.3 Å². The maximum absolute atomic E-state index is 13.2. The number of alkyl halides is 3. The van der Waals surface area contributed by atoms with E-state index in [1.54, 1.807) is 18.3 Å². The summed E-state index contributed by atoms with van der Waals surface area (Å²) in [6, 6.07) is 23.7. The summed E-state index contributed by atoms with van der Waals surface area (Å²) in [7, 11) is 0. The lowest BCUT2D eigenvalue weighted by Gasteiger charge is -2.12. The van der Waals surface area contributed by atoms with Gasteiger partial charge in [-0.05, 0) is 65.9 Å². The minimum Gasteiger partial charge on any atom is -0.348 e. The van der Waals surface area contributed by atoms with E-state index in [-0.39, 0.29) is 5.91 Å². The Morgan fingerprint density at radius 1 is 0.923 bits per heavy atom. The van der Waals surface area contributed by atoms with Crippen molar-refractivity contribution in [3.8, 4) is 28.1 Å². The zero-order valence-electron chi connectivity index (χ0n) is 21.2. The number of amides is 1. The standard InChI is InChI=1S/C30H24F3N5O/c1-19-8-11-25(29(39)35-16-21-9-12-24(20(2)15-21)22-6-4-3-5-7-22)27(14-19)38-18-26(36-37-38)23-10-13-28(34-17-23)30(31,32)33/h3-15,17-18H,16H2,1-2H3,(H,35,39). The fourth-order valence-corrected chi connectivity index (χ4v) is 4.31. The topological polar surface area (TPSA) is 72.7 Å². The van der Waals surface area contributed by atoms with E-state index in [1.165, 1.54) is 10.7 Å². The molecule has 9 heteroatoms. The van der Waals surface area contributed by atoms with Crippen LogP contribution in [0.3, 0.4) is 0 Å². The monoisotopic (exact) mass is 527 g/mol. The maximum Gasteiger partial charge on any atom is 0.433 e. The van der Waals surface area contributed by atoms with Crippen molar-refractivity contribution in [1.29, 1.82) is 0 Å². The molecule has 39 heavy (non-hydrogen) atoms. The van der Waals surface area contributed by atoms with Gasteiger partial charge in [0.1, 0.15) is 11.4 Å². The maximum atomic E-state index is 13.2. The first-order valence-electron chi connectivity index (χ1n) is 12.2. The summed E-state index contributed by atoms with van der Waals surface area (Å²) in [5.41, 5.74) is 5.86. The van der Waals surface area contributed by atoms with Gasteiger partial charge in [-0.25, -0.2) is 4.68 Å². The van der Waals surface area contributed by atoms with Crippen molar-refractivity contribution < 1.29 is 18.0 Å². The summed E-state index contributed by atoms with van der Waals surface area (Å²) in [4.78, 5) is 16.7. The lowest BCUT2D eigenvalue weighted by molar-refractivity contribution is -0.141. The van der Waals surface area contributed by atoms with Crippen molar-refractivity contribution in [3.05, 3.63) is 119 Å². The average Bonchev–Trinajstić information content (AvgIpc) is 3.42. The molecule has 0 radical (unpaired) electrons. The SMILES string of the molecule is Cc1ccc(C(=O)NCc2ccc(-c3ccccc3)c(C)c2)c(-n2cc(-c3ccc(C(F)(F)F)nc3)nn2)c1. The normalized spacial score (nSPS) is 11.4. The summed E-state index contributed by atoms with van der Waals surface area (Å²) in [5.74, 6) is -0.289. The van der Waals surface area contributed by atoms with Crippen molar-refractivity contribution in [3.63, 3.8) is 0 Å². The van der Waals surface area contributed by atoms with E-state index < -0.39 is 11.9 Å². The third kappa shape index (κ3) is 5.72. The van der Waals surface area contributed by atoms with Crippen molar-refractivity contribution in [2.45, 2.75) is 26.6 Å². The number of nitrogens with zero attached hydrogens (tertiary/aromatic N) is 4. The third-order valence-corrected chi connectivity index (χ3v) is 6.32. The molecule has 2 aromatic heterocycles. The lowest BCUT2D eigenvalue weighted by atomic mass is 9.98. The van der Waals surface area contributed by atoms with Crippen LogP contribution in [0.2, 0.25) is 0 Å². The summed E-state index contributed by atoms with van der Waals surface area (Å²) in [6.45, 7) is 4.27. The van der Waals surface area contributed by atoms with E-state index in [0.29, 0.717) is 29.1 Å². The molecule has 0 fully saturated rings. The van der Waals surface area contributed by atoms with Gasteiger partial charge in [0.2, 0.25) is 0 Å². The van der Waals surface area contributed by atoms with E-state index in [1.807, 2.05) is 44.2 Å². The molecule has 0 aliphatic carbocycles. The molecule has 0 aliphatic rings. The molecule has 0 saturated carbocycles. The van der Waals surface area contributed by atoms with Gasteiger partial charge in [0.15, 0.2) is 0 Å². The Bertz CT molecular complexity index is 1630. The average molecular weight is 528 g/mol. The minimum atomic E-state index is -4.53. The molecule has 0 saturated heterocycles. The Kier molecular flexibility index (Phi) is 6.98. The van der Waals surface area contributed by atoms with Gasteiger partial charge in [-0.15, -0.1) is 5.10 Å². The van der Waals surface area contributed by atoms with Crippen molar-refractivity contribution in [2.24, 2.45) is 0 Å². The highest BCUT2D eigenvalue weighted by Gasteiger charge is 2.32. The molecule has 1 amide bonds. The second-order valence-corrected chi connectivity index (χ2v) is 9.20. The second kappa shape index (κ2) is 10.5. The molecule has 6 nitrogen and oxygen atoms in total. The number of hydrogen-bond donors (Lipinski definition) is 1. The van der Waals surface area contributed by atoms with E-state index in [4.69, 9.17) is 0 Å². The van der Waals surface area contributed by atoms with Gasteiger partial charge in [-0.2, -0.15) is 13.2 Å². The molecule has 0 bridgehead atoms. The van der Waals surface area contributed by atoms with E-state index in [0.717, 1.165) is 40.1 Å². The van der Waals surface area contributed by atoms with Crippen LogP contribution in [0.5, 0.6) is 0 Å². The van der Waals surface area contributed by atoms with E-state index >= 15 is 0 Å². The highest BCUT2D eigenvalue weighted by atomic mass is 19.4. The van der Waals surface area contributed by atoms with Gasteiger partial charge in [-0.3, -0.25) is 9.78 Å². The summed E-state index contributed by atoms with van der Waals surface area (Å²) < 4.78 is 40.0.